The Morgan fingerprint density at radius 2 is 1.82 bits per heavy atom. The highest BCUT2D eigenvalue weighted by Gasteiger charge is 2.27. The molecule has 3 heterocycles. The Bertz CT molecular complexity index is 694. The van der Waals surface area contributed by atoms with Crippen molar-refractivity contribution in [2.24, 2.45) is 0 Å². The summed E-state index contributed by atoms with van der Waals surface area (Å²) in [6, 6.07) is 0.312. The predicted molar refractivity (Wildman–Crippen MR) is 102 cm³/mol. The molecule has 28 heavy (non-hydrogen) atoms. The van der Waals surface area contributed by atoms with Gasteiger partial charge in [-0.25, -0.2) is 9.48 Å². The normalized spacial score (nSPS) is 20.7. The molecule has 1 saturated heterocycles. The number of carbonyl (C=O) groups excluding carboxylic acids is 2. The Morgan fingerprint density at radius 1 is 1.04 bits per heavy atom. The quantitative estimate of drug-likeness (QED) is 0.826. The SMILES string of the molecule is O=C(CCc1nnn2c1CN(C(=O)NC1CCCCC1)CC2)N1CCOCC1. The van der Waals surface area contributed by atoms with Crippen LogP contribution in [-0.2, 0) is 29.0 Å². The van der Waals surface area contributed by atoms with E-state index in [0.717, 1.165) is 24.2 Å². The molecule has 3 amide bonds. The maximum Gasteiger partial charge on any atom is 0.318 e. The van der Waals surface area contributed by atoms with Gasteiger partial charge in [0.05, 0.1) is 37.7 Å². The van der Waals surface area contributed by atoms with Crippen molar-refractivity contribution in [1.29, 1.82) is 0 Å². The monoisotopic (exact) mass is 390 g/mol. The lowest BCUT2D eigenvalue weighted by Gasteiger charge is -2.31. The summed E-state index contributed by atoms with van der Waals surface area (Å²) in [5.74, 6) is 0.132. The van der Waals surface area contributed by atoms with Gasteiger partial charge in [0.1, 0.15) is 0 Å². The van der Waals surface area contributed by atoms with E-state index in [0.29, 0.717) is 64.8 Å². The fourth-order valence-electron chi connectivity index (χ4n) is 4.27. The minimum Gasteiger partial charge on any atom is -0.378 e. The predicted octanol–water partition coefficient (Wildman–Crippen LogP) is 0.927. The van der Waals surface area contributed by atoms with Gasteiger partial charge in [-0.3, -0.25) is 4.79 Å². The van der Waals surface area contributed by atoms with Crippen LogP contribution in [-0.4, -0.2) is 75.6 Å². The third-order valence-corrected chi connectivity index (χ3v) is 6.00. The van der Waals surface area contributed by atoms with E-state index in [1.165, 1.54) is 19.3 Å². The Labute approximate surface area is 165 Å². The molecule has 1 aromatic heterocycles. The largest absolute Gasteiger partial charge is 0.378 e. The molecular weight excluding hydrogens is 360 g/mol. The van der Waals surface area contributed by atoms with Gasteiger partial charge >= 0.3 is 6.03 Å². The van der Waals surface area contributed by atoms with Crippen LogP contribution in [0.15, 0.2) is 0 Å². The summed E-state index contributed by atoms with van der Waals surface area (Å²) in [5, 5.41) is 11.7. The van der Waals surface area contributed by atoms with Gasteiger partial charge in [-0.15, -0.1) is 5.10 Å². The summed E-state index contributed by atoms with van der Waals surface area (Å²) in [7, 11) is 0. The Morgan fingerprint density at radius 3 is 2.61 bits per heavy atom. The number of ether oxygens (including phenoxy) is 1. The Hall–Kier alpha value is -2.16. The summed E-state index contributed by atoms with van der Waals surface area (Å²) < 4.78 is 7.17. The summed E-state index contributed by atoms with van der Waals surface area (Å²) in [5.41, 5.74) is 1.79. The average molecular weight is 390 g/mol. The number of nitrogens with zero attached hydrogens (tertiary/aromatic N) is 5. The number of hydrogen-bond donors (Lipinski definition) is 1. The van der Waals surface area contributed by atoms with Crippen molar-refractivity contribution in [2.75, 3.05) is 32.8 Å². The van der Waals surface area contributed by atoms with Crippen LogP contribution in [0.4, 0.5) is 4.79 Å². The molecule has 1 aromatic rings. The Balaban J connectivity index is 1.32. The van der Waals surface area contributed by atoms with E-state index in [-0.39, 0.29) is 11.9 Å². The molecule has 1 saturated carbocycles. The highest BCUT2D eigenvalue weighted by molar-refractivity contribution is 5.76. The van der Waals surface area contributed by atoms with Gasteiger partial charge in [0.15, 0.2) is 0 Å². The summed E-state index contributed by atoms with van der Waals surface area (Å²) in [4.78, 5) is 28.8. The van der Waals surface area contributed by atoms with Crippen molar-refractivity contribution >= 4 is 11.9 Å². The van der Waals surface area contributed by atoms with E-state index in [1.54, 1.807) is 0 Å². The number of morpholine rings is 1. The first-order chi connectivity index (χ1) is 13.7. The second-order valence-electron chi connectivity index (χ2n) is 7.91. The molecule has 0 unspecified atom stereocenters. The number of aryl methyl sites for hydroxylation is 1. The molecule has 0 radical (unpaired) electrons. The van der Waals surface area contributed by atoms with E-state index >= 15 is 0 Å². The summed E-state index contributed by atoms with van der Waals surface area (Å²) in [6.07, 6.45) is 6.80. The van der Waals surface area contributed by atoms with Gasteiger partial charge < -0.3 is 19.9 Å². The molecule has 3 aliphatic rings. The fourth-order valence-corrected chi connectivity index (χ4v) is 4.27. The molecule has 0 bridgehead atoms. The average Bonchev–Trinajstić information content (AvgIpc) is 3.15. The molecule has 1 N–H and O–H groups in total. The number of hydrogen-bond acceptors (Lipinski definition) is 5. The molecule has 0 aromatic carbocycles. The number of nitrogens with one attached hydrogen (secondary N) is 1. The highest BCUT2D eigenvalue weighted by atomic mass is 16.5. The van der Waals surface area contributed by atoms with Gasteiger partial charge in [0.2, 0.25) is 5.91 Å². The number of urea groups is 1. The number of rotatable bonds is 4. The maximum absolute atomic E-state index is 12.7. The van der Waals surface area contributed by atoms with Gasteiger partial charge in [-0.2, -0.15) is 0 Å². The molecule has 1 aliphatic carbocycles. The second-order valence-corrected chi connectivity index (χ2v) is 7.91. The van der Waals surface area contributed by atoms with Crippen molar-refractivity contribution in [3.63, 3.8) is 0 Å². The zero-order valence-electron chi connectivity index (χ0n) is 16.4. The molecule has 9 heteroatoms. The topological polar surface area (TPSA) is 92.6 Å². The van der Waals surface area contributed by atoms with Crippen LogP contribution in [0.2, 0.25) is 0 Å². The number of carbonyl (C=O) groups is 2. The minimum absolute atomic E-state index is 0.00898. The third-order valence-electron chi connectivity index (χ3n) is 6.00. The van der Waals surface area contributed by atoms with E-state index in [4.69, 9.17) is 4.74 Å². The number of fused-ring (bicyclic) bond motifs is 1. The van der Waals surface area contributed by atoms with Crippen LogP contribution < -0.4 is 5.32 Å². The molecule has 0 spiro atoms. The van der Waals surface area contributed by atoms with Crippen molar-refractivity contribution in [1.82, 2.24) is 30.1 Å². The molecule has 154 valence electrons. The maximum atomic E-state index is 12.7. The lowest BCUT2D eigenvalue weighted by Crippen LogP contribution is -2.48. The first-order valence-corrected chi connectivity index (χ1v) is 10.5. The smallest absolute Gasteiger partial charge is 0.318 e. The van der Waals surface area contributed by atoms with Crippen LogP contribution in [0.25, 0.3) is 0 Å². The first-order valence-electron chi connectivity index (χ1n) is 10.5. The van der Waals surface area contributed by atoms with Gasteiger partial charge in [0, 0.05) is 38.5 Å². The lowest BCUT2D eigenvalue weighted by molar-refractivity contribution is -0.135. The molecule has 2 fully saturated rings. The van der Waals surface area contributed by atoms with Crippen molar-refractivity contribution < 1.29 is 14.3 Å². The summed E-state index contributed by atoms with van der Waals surface area (Å²) in [6.45, 7) is 4.34. The summed E-state index contributed by atoms with van der Waals surface area (Å²) >= 11 is 0. The number of aromatic nitrogens is 3. The zero-order valence-corrected chi connectivity index (χ0v) is 16.4. The second kappa shape index (κ2) is 8.89. The highest BCUT2D eigenvalue weighted by Crippen LogP contribution is 2.20. The first kappa shape index (κ1) is 19.2. The molecule has 0 atom stereocenters. The van der Waals surface area contributed by atoms with Crippen LogP contribution in [0.5, 0.6) is 0 Å². The van der Waals surface area contributed by atoms with Crippen molar-refractivity contribution in [3.05, 3.63) is 11.4 Å². The standard InChI is InChI=1S/C19H30N6O3/c26-18(23-10-12-28-13-11-23)7-6-16-17-14-24(8-9-25(17)22-21-16)19(27)20-15-4-2-1-3-5-15/h15H,1-14H2,(H,20,27). The van der Waals surface area contributed by atoms with Crippen molar-refractivity contribution in [3.8, 4) is 0 Å². The Kier molecular flexibility index (Phi) is 6.09. The van der Waals surface area contributed by atoms with Crippen LogP contribution in [0.1, 0.15) is 49.9 Å². The minimum atomic E-state index is 0.00898. The fraction of sp³-hybridized carbons (Fsp3) is 0.789. The van der Waals surface area contributed by atoms with Crippen molar-refractivity contribution in [2.45, 2.75) is 64.1 Å². The van der Waals surface area contributed by atoms with Gasteiger partial charge in [-0.1, -0.05) is 24.5 Å². The third kappa shape index (κ3) is 4.45. The van der Waals surface area contributed by atoms with E-state index in [9.17, 15) is 9.59 Å². The van der Waals surface area contributed by atoms with E-state index in [2.05, 4.69) is 15.6 Å². The number of amides is 3. The van der Waals surface area contributed by atoms with Gasteiger partial charge in [0.25, 0.3) is 0 Å². The van der Waals surface area contributed by atoms with E-state index < -0.39 is 0 Å². The molecule has 9 nitrogen and oxygen atoms in total. The van der Waals surface area contributed by atoms with Crippen LogP contribution >= 0.6 is 0 Å². The molecular formula is C19H30N6O3. The van der Waals surface area contributed by atoms with Crippen LogP contribution in [0, 0.1) is 0 Å². The molecule has 2 aliphatic heterocycles. The molecule has 4 rings (SSSR count). The van der Waals surface area contributed by atoms with Crippen LogP contribution in [0.3, 0.4) is 0 Å². The van der Waals surface area contributed by atoms with E-state index in [1.807, 2.05) is 14.5 Å². The zero-order chi connectivity index (χ0) is 19.3. The lowest BCUT2D eigenvalue weighted by atomic mass is 9.96. The van der Waals surface area contributed by atoms with Gasteiger partial charge in [-0.05, 0) is 12.8 Å².